The van der Waals surface area contributed by atoms with Crippen LogP contribution in [0.5, 0.6) is 5.75 Å². The van der Waals surface area contributed by atoms with Crippen molar-refractivity contribution in [3.05, 3.63) is 54.4 Å². The minimum atomic E-state index is -4.78. The highest BCUT2D eigenvalue weighted by Gasteiger charge is 2.47. The number of aromatic nitrogens is 3. The molecular weight excluding hydrogens is 605 g/mol. The van der Waals surface area contributed by atoms with Crippen LogP contribution in [0.3, 0.4) is 0 Å². The minimum absolute atomic E-state index is 0.329. The number of methoxy groups -OCH3 is 2. The van der Waals surface area contributed by atoms with Gasteiger partial charge in [0.1, 0.15) is 29.9 Å². The third-order valence-corrected chi connectivity index (χ3v) is 7.37. The maximum absolute atomic E-state index is 12.8. The average Bonchev–Trinajstić information content (AvgIpc) is 3.40. The van der Waals surface area contributed by atoms with E-state index < -0.39 is 43.2 Å². The van der Waals surface area contributed by atoms with Crippen molar-refractivity contribution in [1.82, 2.24) is 14.8 Å². The second-order valence-corrected chi connectivity index (χ2v) is 10.7. The summed E-state index contributed by atoms with van der Waals surface area (Å²) in [5.74, 6) is 1.49. The number of rotatable bonds is 12. The Balaban J connectivity index is 1.46. The van der Waals surface area contributed by atoms with Gasteiger partial charge in [0.15, 0.2) is 5.82 Å². The van der Waals surface area contributed by atoms with E-state index in [9.17, 15) is 18.0 Å². The number of carbonyl (C=O) groups excluding carboxylic acids is 1. The SMILES string of the molecule is CCO[C@@H]1[C@@H](OC)[C@H](C)O[C@@H](OC(=O)Nc2ccc(-c3nc(CCSC)n(-c4ccc(OC(F)(F)F)cc4)n3)cc2)[C@@H]1OC. The van der Waals surface area contributed by atoms with Crippen molar-refractivity contribution in [2.24, 2.45) is 0 Å². The van der Waals surface area contributed by atoms with Crippen molar-refractivity contribution in [3.63, 3.8) is 0 Å². The molecule has 3 aromatic rings. The number of benzene rings is 2. The van der Waals surface area contributed by atoms with E-state index in [0.29, 0.717) is 41.6 Å². The summed E-state index contributed by atoms with van der Waals surface area (Å²) in [6.07, 6.45) is -6.05. The molecule has 0 radical (unpaired) electrons. The second kappa shape index (κ2) is 15.1. The van der Waals surface area contributed by atoms with E-state index in [2.05, 4.69) is 20.1 Å². The van der Waals surface area contributed by atoms with Crippen molar-refractivity contribution in [1.29, 1.82) is 0 Å². The van der Waals surface area contributed by atoms with E-state index in [0.717, 1.165) is 5.75 Å². The van der Waals surface area contributed by atoms with Gasteiger partial charge in [0.05, 0.1) is 11.8 Å². The zero-order chi connectivity index (χ0) is 31.9. The summed E-state index contributed by atoms with van der Waals surface area (Å²) < 4.78 is 71.6. The van der Waals surface area contributed by atoms with Crippen molar-refractivity contribution in [2.45, 2.75) is 57.3 Å². The third kappa shape index (κ3) is 8.41. The number of amides is 1. The fourth-order valence-corrected chi connectivity index (χ4v) is 5.18. The number of alkyl halides is 3. The van der Waals surface area contributed by atoms with Gasteiger partial charge in [-0.25, -0.2) is 14.5 Å². The van der Waals surface area contributed by atoms with Gasteiger partial charge in [0.25, 0.3) is 0 Å². The predicted octanol–water partition coefficient (Wildman–Crippen LogP) is 5.47. The lowest BCUT2D eigenvalue weighted by molar-refractivity contribution is -0.292. The van der Waals surface area contributed by atoms with Crippen LogP contribution in [0.15, 0.2) is 48.5 Å². The Hall–Kier alpha value is -3.37. The van der Waals surface area contributed by atoms with Crippen molar-refractivity contribution in [3.8, 4) is 22.8 Å². The maximum atomic E-state index is 12.8. The number of hydrogen-bond donors (Lipinski definition) is 1. The number of anilines is 1. The van der Waals surface area contributed by atoms with Crippen molar-refractivity contribution >= 4 is 23.5 Å². The summed E-state index contributed by atoms with van der Waals surface area (Å²) >= 11 is 1.63. The predicted molar refractivity (Wildman–Crippen MR) is 157 cm³/mol. The molecule has 11 nitrogen and oxygen atoms in total. The summed E-state index contributed by atoms with van der Waals surface area (Å²) in [6, 6.07) is 12.2. The Morgan fingerprint density at radius 2 is 1.73 bits per heavy atom. The topological polar surface area (TPSA) is 115 Å². The van der Waals surface area contributed by atoms with Crippen molar-refractivity contribution in [2.75, 3.05) is 38.2 Å². The molecule has 5 atom stereocenters. The maximum Gasteiger partial charge on any atom is 0.573 e. The smallest absolute Gasteiger partial charge is 0.416 e. The first kappa shape index (κ1) is 33.5. The van der Waals surface area contributed by atoms with Crippen LogP contribution in [0.4, 0.5) is 23.7 Å². The molecule has 4 rings (SSSR count). The first-order valence-electron chi connectivity index (χ1n) is 13.8. The molecule has 240 valence electrons. The number of nitrogens with one attached hydrogen (secondary N) is 1. The van der Waals surface area contributed by atoms with Gasteiger partial charge in [-0.3, -0.25) is 5.32 Å². The first-order valence-corrected chi connectivity index (χ1v) is 15.2. The monoisotopic (exact) mass is 640 g/mol. The van der Waals surface area contributed by atoms with Gasteiger partial charge < -0.3 is 28.4 Å². The Kier molecular flexibility index (Phi) is 11.5. The summed E-state index contributed by atoms with van der Waals surface area (Å²) in [7, 11) is 3.04. The first-order chi connectivity index (χ1) is 21.1. The quantitative estimate of drug-likeness (QED) is 0.274. The Bertz CT molecular complexity index is 1360. The van der Waals surface area contributed by atoms with E-state index in [1.165, 1.54) is 31.4 Å². The average molecular weight is 641 g/mol. The third-order valence-electron chi connectivity index (χ3n) is 6.76. The molecule has 2 aromatic carbocycles. The standard InChI is InChI=1S/C29H35F3N4O7S/c1-6-40-24-23(38-3)17(2)41-27(25(24)39-4)42-28(37)33-19-9-7-18(8-10-19)26-34-22(15-16-44-5)36(35-26)20-11-13-21(14-12-20)43-29(30,31)32/h7-14,17,23-25,27H,6,15-16H2,1-5H3,(H,33,37)/t17-,23-,24+,25+,27-/m0/s1. The number of ether oxygens (including phenoxy) is 6. The van der Waals surface area contributed by atoms with Gasteiger partial charge in [-0.05, 0) is 68.6 Å². The molecule has 0 bridgehead atoms. The second-order valence-electron chi connectivity index (χ2n) is 9.69. The fraction of sp³-hybridized carbons (Fsp3) is 0.483. The Morgan fingerprint density at radius 3 is 2.32 bits per heavy atom. The largest absolute Gasteiger partial charge is 0.573 e. The highest BCUT2D eigenvalue weighted by molar-refractivity contribution is 7.98. The molecule has 0 spiro atoms. The normalized spacial score (nSPS) is 22.0. The number of thioether (sulfide) groups is 1. The zero-order valence-corrected chi connectivity index (χ0v) is 25.7. The lowest BCUT2D eigenvalue weighted by Gasteiger charge is -2.43. The fourth-order valence-electron chi connectivity index (χ4n) is 4.80. The van der Waals surface area contributed by atoms with Gasteiger partial charge in [0.2, 0.25) is 6.29 Å². The Labute approximate surface area is 257 Å². The highest BCUT2D eigenvalue weighted by Crippen LogP contribution is 2.29. The summed E-state index contributed by atoms with van der Waals surface area (Å²) in [5.41, 5.74) is 1.65. The molecule has 1 aliphatic rings. The van der Waals surface area contributed by atoms with Crippen LogP contribution in [0, 0.1) is 0 Å². The van der Waals surface area contributed by atoms with Gasteiger partial charge in [-0.15, -0.1) is 18.3 Å². The van der Waals surface area contributed by atoms with E-state index in [1.54, 1.807) is 54.7 Å². The van der Waals surface area contributed by atoms with Crippen molar-refractivity contribution < 1.29 is 46.4 Å². The summed E-state index contributed by atoms with van der Waals surface area (Å²) in [6.45, 7) is 4.07. The Morgan fingerprint density at radius 1 is 1.05 bits per heavy atom. The number of carbonyl (C=O) groups is 1. The molecule has 1 amide bonds. The number of halogens is 3. The van der Waals surface area contributed by atoms with E-state index in [4.69, 9.17) is 23.7 Å². The van der Waals surface area contributed by atoms with Crippen LogP contribution in [-0.4, -0.2) is 90.8 Å². The van der Waals surface area contributed by atoms with Gasteiger partial charge in [-0.1, -0.05) is 0 Å². The highest BCUT2D eigenvalue weighted by atomic mass is 32.2. The molecule has 1 aromatic heterocycles. The van der Waals surface area contributed by atoms with Crippen LogP contribution in [0.1, 0.15) is 19.7 Å². The zero-order valence-electron chi connectivity index (χ0n) is 24.9. The molecule has 15 heteroatoms. The van der Waals surface area contributed by atoms with Crippen LogP contribution in [0.25, 0.3) is 17.1 Å². The summed E-state index contributed by atoms with van der Waals surface area (Å²) in [4.78, 5) is 17.4. The molecule has 1 saturated heterocycles. The number of nitrogens with zero attached hydrogens (tertiary/aromatic N) is 3. The lowest BCUT2D eigenvalue weighted by atomic mass is 9.99. The number of aryl methyl sites for hydroxylation is 1. The van der Waals surface area contributed by atoms with Crippen LogP contribution < -0.4 is 10.1 Å². The van der Waals surface area contributed by atoms with Gasteiger partial charge >= 0.3 is 12.5 Å². The molecule has 0 saturated carbocycles. The lowest BCUT2D eigenvalue weighted by Crippen LogP contribution is -2.60. The van der Waals surface area contributed by atoms with Crippen LogP contribution in [0.2, 0.25) is 0 Å². The van der Waals surface area contributed by atoms with E-state index in [1.807, 2.05) is 13.2 Å². The molecule has 0 unspecified atom stereocenters. The molecule has 1 aliphatic heterocycles. The van der Waals surface area contributed by atoms with Crippen LogP contribution >= 0.6 is 11.8 Å². The molecule has 0 aliphatic carbocycles. The summed E-state index contributed by atoms with van der Waals surface area (Å²) in [5, 5.41) is 7.29. The molecule has 1 fully saturated rings. The van der Waals surface area contributed by atoms with Crippen LogP contribution in [-0.2, 0) is 30.1 Å². The van der Waals surface area contributed by atoms with Gasteiger partial charge in [-0.2, -0.15) is 11.8 Å². The van der Waals surface area contributed by atoms with E-state index in [-0.39, 0.29) is 5.75 Å². The molecule has 1 N–H and O–H groups in total. The molecular formula is C29H35F3N4O7S. The number of hydrogen-bond acceptors (Lipinski definition) is 10. The minimum Gasteiger partial charge on any atom is -0.416 e. The van der Waals surface area contributed by atoms with E-state index >= 15 is 0 Å². The van der Waals surface area contributed by atoms with Gasteiger partial charge in [0, 0.05) is 44.3 Å². The molecule has 44 heavy (non-hydrogen) atoms. The molecule has 2 heterocycles.